The molecule has 0 radical (unpaired) electrons. The number of nitrogens with zero attached hydrogens (tertiary/aromatic N) is 1. The Labute approximate surface area is 107 Å². The third-order valence-electron chi connectivity index (χ3n) is 2.72. The van der Waals surface area contributed by atoms with Crippen LogP contribution in [0.5, 0.6) is 0 Å². The normalized spacial score (nSPS) is 19.6. The van der Waals surface area contributed by atoms with E-state index in [1.54, 1.807) is 17.0 Å². The van der Waals surface area contributed by atoms with Crippen LogP contribution in [0.4, 0.5) is 9.18 Å². The molecule has 17 heavy (non-hydrogen) atoms. The van der Waals surface area contributed by atoms with E-state index in [2.05, 4.69) is 21.2 Å². The van der Waals surface area contributed by atoms with Crippen molar-refractivity contribution >= 4 is 22.0 Å². The van der Waals surface area contributed by atoms with Gasteiger partial charge in [-0.3, -0.25) is 0 Å². The molecule has 6 heteroatoms. The van der Waals surface area contributed by atoms with Gasteiger partial charge in [-0.25, -0.2) is 9.18 Å². The fourth-order valence-corrected chi connectivity index (χ4v) is 2.27. The number of hydrogen-bond donors (Lipinski definition) is 2. The van der Waals surface area contributed by atoms with Crippen molar-refractivity contribution in [2.75, 3.05) is 19.6 Å². The summed E-state index contributed by atoms with van der Waals surface area (Å²) in [5.41, 5.74) is 5.90. The van der Waals surface area contributed by atoms with Crippen molar-refractivity contribution in [3.05, 3.63) is 34.1 Å². The Balaban J connectivity index is 2.19. The van der Waals surface area contributed by atoms with Crippen LogP contribution < -0.4 is 11.1 Å². The molecule has 2 rings (SSSR count). The number of rotatable bonds is 3. The van der Waals surface area contributed by atoms with Crippen LogP contribution in [-0.4, -0.2) is 30.6 Å². The molecular weight excluding hydrogens is 289 g/mol. The molecule has 0 spiro atoms. The summed E-state index contributed by atoms with van der Waals surface area (Å²) in [6, 6.07) is 4.20. The first-order valence-electron chi connectivity index (χ1n) is 5.32. The number of hydrogen-bond acceptors (Lipinski definition) is 2. The first-order valence-corrected chi connectivity index (χ1v) is 6.11. The number of carbonyl (C=O) groups excluding carboxylic acids is 1. The van der Waals surface area contributed by atoms with Crippen LogP contribution in [0.1, 0.15) is 11.6 Å². The summed E-state index contributed by atoms with van der Waals surface area (Å²) in [6.45, 7) is 1.34. The van der Waals surface area contributed by atoms with Gasteiger partial charge in [0.25, 0.3) is 0 Å². The summed E-state index contributed by atoms with van der Waals surface area (Å²) in [6.07, 6.45) is 0. The highest BCUT2D eigenvalue weighted by atomic mass is 79.9. The summed E-state index contributed by atoms with van der Waals surface area (Å²) < 4.78 is 14.4. The van der Waals surface area contributed by atoms with Crippen LogP contribution >= 0.6 is 15.9 Å². The van der Waals surface area contributed by atoms with Crippen LogP contribution in [0.2, 0.25) is 0 Å². The maximum absolute atomic E-state index is 13.6. The van der Waals surface area contributed by atoms with Crippen LogP contribution in [0, 0.1) is 5.82 Å². The molecule has 1 fully saturated rings. The molecule has 2 amide bonds. The highest BCUT2D eigenvalue weighted by Crippen LogP contribution is 2.25. The van der Waals surface area contributed by atoms with E-state index in [-0.39, 0.29) is 17.9 Å². The predicted octanol–water partition coefficient (Wildman–Crippen LogP) is 1.61. The summed E-state index contributed by atoms with van der Waals surface area (Å²) in [4.78, 5) is 13.2. The molecule has 1 unspecified atom stereocenters. The molecule has 0 aliphatic carbocycles. The zero-order valence-corrected chi connectivity index (χ0v) is 10.7. The number of benzene rings is 1. The van der Waals surface area contributed by atoms with E-state index in [1.807, 2.05) is 0 Å². The zero-order chi connectivity index (χ0) is 12.4. The third kappa shape index (κ3) is 2.58. The van der Waals surface area contributed by atoms with Gasteiger partial charge in [0.1, 0.15) is 5.82 Å². The summed E-state index contributed by atoms with van der Waals surface area (Å²) in [5.74, 6) is -0.312. The van der Waals surface area contributed by atoms with Gasteiger partial charge in [-0.2, -0.15) is 0 Å². The first-order chi connectivity index (χ1) is 8.11. The number of nitrogens with one attached hydrogen (secondary N) is 1. The standard InChI is InChI=1S/C11H13BrFN3O/c12-7-1-2-9(13)8(5-7)10-6-16(4-3-14)11(17)15-10/h1-2,5,10H,3-4,6,14H2,(H,15,17). The second-order valence-corrected chi connectivity index (χ2v) is 4.82. The molecule has 1 aromatic rings. The van der Waals surface area contributed by atoms with Gasteiger partial charge < -0.3 is 16.0 Å². The fraction of sp³-hybridized carbons (Fsp3) is 0.364. The van der Waals surface area contributed by atoms with Gasteiger partial charge in [-0.05, 0) is 18.2 Å². The van der Waals surface area contributed by atoms with Gasteiger partial charge in [0.15, 0.2) is 0 Å². The lowest BCUT2D eigenvalue weighted by Gasteiger charge is -2.13. The Hall–Kier alpha value is -1.14. The minimum Gasteiger partial charge on any atom is -0.329 e. The Morgan fingerprint density at radius 2 is 2.35 bits per heavy atom. The largest absolute Gasteiger partial charge is 0.329 e. The van der Waals surface area contributed by atoms with Crippen molar-refractivity contribution in [2.45, 2.75) is 6.04 Å². The number of amides is 2. The second kappa shape index (κ2) is 5.01. The van der Waals surface area contributed by atoms with Crippen LogP contribution in [0.3, 0.4) is 0 Å². The lowest BCUT2D eigenvalue weighted by molar-refractivity contribution is 0.218. The minimum absolute atomic E-state index is 0.195. The topological polar surface area (TPSA) is 58.4 Å². The summed E-state index contributed by atoms with van der Waals surface area (Å²) >= 11 is 3.29. The highest BCUT2D eigenvalue weighted by Gasteiger charge is 2.30. The van der Waals surface area contributed by atoms with Gasteiger partial charge in [0.2, 0.25) is 0 Å². The van der Waals surface area contributed by atoms with E-state index in [1.165, 1.54) is 6.07 Å². The van der Waals surface area contributed by atoms with Crippen LogP contribution in [0.15, 0.2) is 22.7 Å². The number of nitrogens with two attached hydrogens (primary N) is 1. The lowest BCUT2D eigenvalue weighted by Crippen LogP contribution is -2.32. The minimum atomic E-state index is -0.313. The van der Waals surface area contributed by atoms with Crippen molar-refractivity contribution in [3.8, 4) is 0 Å². The Kier molecular flexibility index (Phi) is 3.63. The monoisotopic (exact) mass is 301 g/mol. The van der Waals surface area contributed by atoms with Crippen molar-refractivity contribution in [1.29, 1.82) is 0 Å². The average molecular weight is 302 g/mol. The molecule has 1 aliphatic heterocycles. The van der Waals surface area contributed by atoms with E-state index in [4.69, 9.17) is 5.73 Å². The van der Waals surface area contributed by atoms with E-state index in [0.717, 1.165) is 4.47 Å². The first kappa shape index (κ1) is 12.3. The summed E-state index contributed by atoms with van der Waals surface area (Å²) in [7, 11) is 0. The predicted molar refractivity (Wildman–Crippen MR) is 66.0 cm³/mol. The molecule has 1 aromatic carbocycles. The number of halogens is 2. The van der Waals surface area contributed by atoms with Crippen molar-refractivity contribution in [3.63, 3.8) is 0 Å². The van der Waals surface area contributed by atoms with Gasteiger partial charge in [-0.15, -0.1) is 0 Å². The zero-order valence-electron chi connectivity index (χ0n) is 9.12. The van der Waals surface area contributed by atoms with Gasteiger partial charge in [0, 0.05) is 29.7 Å². The molecule has 1 atom stereocenters. The van der Waals surface area contributed by atoms with Gasteiger partial charge >= 0.3 is 6.03 Å². The van der Waals surface area contributed by atoms with E-state index >= 15 is 0 Å². The molecule has 0 saturated carbocycles. The SMILES string of the molecule is NCCN1CC(c2cc(Br)ccc2F)NC1=O. The fourth-order valence-electron chi connectivity index (χ4n) is 1.90. The van der Waals surface area contributed by atoms with E-state index in [9.17, 15) is 9.18 Å². The number of carbonyl (C=O) groups is 1. The average Bonchev–Trinajstić information content (AvgIpc) is 2.64. The van der Waals surface area contributed by atoms with Crippen LogP contribution in [0.25, 0.3) is 0 Å². The van der Waals surface area contributed by atoms with Crippen molar-refractivity contribution in [2.24, 2.45) is 5.73 Å². The maximum atomic E-state index is 13.6. The quantitative estimate of drug-likeness (QED) is 0.891. The molecule has 1 aliphatic rings. The molecule has 0 bridgehead atoms. The molecule has 0 aromatic heterocycles. The second-order valence-electron chi connectivity index (χ2n) is 3.90. The third-order valence-corrected chi connectivity index (χ3v) is 3.21. The van der Waals surface area contributed by atoms with Crippen molar-refractivity contribution in [1.82, 2.24) is 10.2 Å². The van der Waals surface area contributed by atoms with Crippen LogP contribution in [-0.2, 0) is 0 Å². The highest BCUT2D eigenvalue weighted by molar-refractivity contribution is 9.10. The van der Waals surface area contributed by atoms with Crippen molar-refractivity contribution < 1.29 is 9.18 Å². The summed E-state index contributed by atoms with van der Waals surface area (Å²) in [5, 5.41) is 2.74. The molecule has 1 saturated heterocycles. The van der Waals surface area contributed by atoms with Gasteiger partial charge in [-0.1, -0.05) is 15.9 Å². The Morgan fingerprint density at radius 3 is 3.06 bits per heavy atom. The molecule has 3 N–H and O–H groups in total. The molecule has 1 heterocycles. The molecular formula is C11H13BrFN3O. The van der Waals surface area contributed by atoms with E-state index in [0.29, 0.717) is 25.2 Å². The molecule has 92 valence electrons. The van der Waals surface area contributed by atoms with E-state index < -0.39 is 0 Å². The number of urea groups is 1. The lowest BCUT2D eigenvalue weighted by atomic mass is 10.1. The Bertz CT molecular complexity index is 441. The Morgan fingerprint density at radius 1 is 1.59 bits per heavy atom. The maximum Gasteiger partial charge on any atom is 0.318 e. The molecule has 4 nitrogen and oxygen atoms in total. The van der Waals surface area contributed by atoms with Gasteiger partial charge in [0.05, 0.1) is 6.04 Å². The smallest absolute Gasteiger partial charge is 0.318 e.